The smallest absolute Gasteiger partial charge is 0.263 e. The van der Waals surface area contributed by atoms with E-state index in [4.69, 9.17) is 0 Å². The van der Waals surface area contributed by atoms with Crippen LogP contribution in [0.25, 0.3) is 0 Å². The summed E-state index contributed by atoms with van der Waals surface area (Å²) in [5.74, 6) is 0.103. The summed E-state index contributed by atoms with van der Waals surface area (Å²) in [5.41, 5.74) is 4.14. The molecule has 0 aliphatic carbocycles. The molecule has 0 saturated carbocycles. The first-order chi connectivity index (χ1) is 13.3. The predicted molar refractivity (Wildman–Crippen MR) is 113 cm³/mol. The summed E-state index contributed by atoms with van der Waals surface area (Å²) in [6.07, 6.45) is 2.56. The monoisotopic (exact) mass is 399 g/mol. The van der Waals surface area contributed by atoms with E-state index in [1.54, 1.807) is 5.51 Å². The fraction of sp³-hybridized carbons (Fsp3) is 0.500. The Morgan fingerprint density at radius 1 is 1.14 bits per heavy atom. The van der Waals surface area contributed by atoms with Crippen LogP contribution in [-0.4, -0.2) is 40.8 Å². The van der Waals surface area contributed by atoms with Crippen LogP contribution >= 0.6 is 11.3 Å². The molecule has 6 heteroatoms. The molecule has 150 valence electrons. The van der Waals surface area contributed by atoms with Gasteiger partial charge in [-0.2, -0.15) is 0 Å². The third-order valence-corrected chi connectivity index (χ3v) is 6.54. The number of rotatable bonds is 4. The Labute approximate surface area is 171 Å². The van der Waals surface area contributed by atoms with Crippen LogP contribution in [0.15, 0.2) is 29.8 Å². The molecule has 28 heavy (non-hydrogen) atoms. The van der Waals surface area contributed by atoms with Crippen molar-refractivity contribution in [3.8, 4) is 0 Å². The number of hydrogen-bond acceptors (Lipinski definition) is 4. The van der Waals surface area contributed by atoms with E-state index >= 15 is 0 Å². The number of nitrogens with one attached hydrogen (secondary N) is 1. The van der Waals surface area contributed by atoms with E-state index in [1.807, 2.05) is 37.8 Å². The molecule has 1 saturated heterocycles. The Bertz CT molecular complexity index is 842. The minimum atomic E-state index is -0.559. The summed E-state index contributed by atoms with van der Waals surface area (Å²) in [4.78, 5) is 32.5. The number of amides is 2. The summed E-state index contributed by atoms with van der Waals surface area (Å²) in [5, 5.41) is 3.13. The van der Waals surface area contributed by atoms with Crippen molar-refractivity contribution in [2.75, 3.05) is 13.1 Å². The van der Waals surface area contributed by atoms with Gasteiger partial charge in [0.2, 0.25) is 5.91 Å². The maximum Gasteiger partial charge on any atom is 0.263 e. The molecule has 5 nitrogen and oxygen atoms in total. The second kappa shape index (κ2) is 8.43. The molecule has 0 bridgehead atoms. The lowest BCUT2D eigenvalue weighted by molar-refractivity contribution is -0.136. The molecule has 2 aromatic rings. The van der Waals surface area contributed by atoms with Gasteiger partial charge in [-0.1, -0.05) is 29.8 Å². The maximum atomic E-state index is 13.3. The second-order valence-corrected chi connectivity index (χ2v) is 9.01. The molecule has 1 fully saturated rings. The van der Waals surface area contributed by atoms with Crippen LogP contribution in [0.1, 0.15) is 59.6 Å². The van der Waals surface area contributed by atoms with Gasteiger partial charge < -0.3 is 10.2 Å². The number of aryl methyl sites for hydroxylation is 2. The van der Waals surface area contributed by atoms with Crippen LogP contribution < -0.4 is 5.32 Å². The molecular formula is C22H29N3O2S. The number of benzene rings is 1. The van der Waals surface area contributed by atoms with Crippen molar-refractivity contribution in [1.29, 1.82) is 0 Å². The van der Waals surface area contributed by atoms with Gasteiger partial charge in [0.05, 0.1) is 16.6 Å². The van der Waals surface area contributed by atoms with E-state index in [2.05, 4.69) is 29.4 Å². The van der Waals surface area contributed by atoms with Crippen molar-refractivity contribution in [2.24, 2.45) is 0 Å². The van der Waals surface area contributed by atoms with Gasteiger partial charge in [-0.3, -0.25) is 9.59 Å². The first-order valence-corrected chi connectivity index (χ1v) is 10.7. The third-order valence-electron chi connectivity index (χ3n) is 5.61. The van der Waals surface area contributed by atoms with Crippen LogP contribution in [0.4, 0.5) is 0 Å². The molecule has 1 N–H and O–H groups in total. The highest BCUT2D eigenvalue weighted by molar-refractivity contribution is 7.11. The van der Waals surface area contributed by atoms with Crippen LogP contribution in [0.5, 0.6) is 0 Å². The Hall–Kier alpha value is -2.21. The number of nitrogens with zero attached hydrogens (tertiary/aromatic N) is 2. The van der Waals surface area contributed by atoms with Crippen molar-refractivity contribution < 1.29 is 9.59 Å². The maximum absolute atomic E-state index is 13.3. The van der Waals surface area contributed by atoms with E-state index in [1.165, 1.54) is 16.9 Å². The normalized spacial score (nSPS) is 17.9. The van der Waals surface area contributed by atoms with Crippen LogP contribution in [0.2, 0.25) is 0 Å². The van der Waals surface area contributed by atoms with E-state index in [9.17, 15) is 9.59 Å². The molecule has 1 atom stereocenters. The number of thiazole rings is 1. The van der Waals surface area contributed by atoms with Gasteiger partial charge in [0.1, 0.15) is 4.88 Å². The fourth-order valence-corrected chi connectivity index (χ4v) is 4.41. The molecule has 2 heterocycles. The summed E-state index contributed by atoms with van der Waals surface area (Å²) in [6.45, 7) is 9.30. The molecule has 1 aromatic heterocycles. The zero-order valence-corrected chi connectivity index (χ0v) is 17.9. The summed E-state index contributed by atoms with van der Waals surface area (Å²) in [7, 11) is 0. The van der Waals surface area contributed by atoms with Crippen LogP contribution in [0.3, 0.4) is 0 Å². The molecule has 3 rings (SSSR count). The zero-order valence-electron chi connectivity index (χ0n) is 17.1. The zero-order chi connectivity index (χ0) is 20.3. The topological polar surface area (TPSA) is 62.3 Å². The number of carbonyl (C=O) groups excluding carboxylic acids is 2. The lowest BCUT2D eigenvalue weighted by atomic mass is 9.82. The highest BCUT2D eigenvalue weighted by Crippen LogP contribution is 2.27. The second-order valence-electron chi connectivity index (χ2n) is 8.15. The largest absolute Gasteiger partial charge is 0.348 e. The number of hydrogen-bond donors (Lipinski definition) is 1. The van der Waals surface area contributed by atoms with Gasteiger partial charge in [-0.25, -0.2) is 4.98 Å². The average molecular weight is 400 g/mol. The lowest BCUT2D eigenvalue weighted by Gasteiger charge is -2.32. The number of likely N-dealkylation sites (tertiary alicyclic amines) is 1. The van der Waals surface area contributed by atoms with E-state index in [0.29, 0.717) is 11.4 Å². The van der Waals surface area contributed by atoms with Crippen LogP contribution in [0, 0.1) is 13.8 Å². The quantitative estimate of drug-likeness (QED) is 0.849. The van der Waals surface area contributed by atoms with Gasteiger partial charge >= 0.3 is 0 Å². The van der Waals surface area contributed by atoms with Crippen molar-refractivity contribution in [3.63, 3.8) is 0 Å². The molecule has 1 aliphatic heterocycles. The Morgan fingerprint density at radius 2 is 1.86 bits per heavy atom. The first-order valence-electron chi connectivity index (χ1n) is 9.86. The molecule has 1 unspecified atom stereocenters. The first kappa shape index (κ1) is 20.5. The van der Waals surface area contributed by atoms with Crippen molar-refractivity contribution >= 4 is 23.2 Å². The van der Waals surface area contributed by atoms with Crippen molar-refractivity contribution in [1.82, 2.24) is 15.2 Å². The van der Waals surface area contributed by atoms with Gasteiger partial charge in [0.25, 0.3) is 5.91 Å². The summed E-state index contributed by atoms with van der Waals surface area (Å²) < 4.78 is 0. The minimum Gasteiger partial charge on any atom is -0.348 e. The summed E-state index contributed by atoms with van der Waals surface area (Å²) in [6, 6.07) is 8.30. The average Bonchev–Trinajstić information content (AvgIpc) is 2.96. The Morgan fingerprint density at radius 3 is 2.50 bits per heavy atom. The molecular weight excluding hydrogens is 370 g/mol. The molecule has 0 spiro atoms. The lowest BCUT2D eigenvalue weighted by Crippen LogP contribution is -2.44. The number of aromatic nitrogens is 1. The van der Waals surface area contributed by atoms with E-state index in [0.717, 1.165) is 37.1 Å². The highest BCUT2D eigenvalue weighted by Gasteiger charge is 2.34. The van der Waals surface area contributed by atoms with Crippen molar-refractivity contribution in [2.45, 2.75) is 58.4 Å². The SMILES string of the molecule is Cc1ccc(C(C)(C)C(=O)N2CCCC(NC(=O)c3scnc3C)CC2)cc1. The van der Waals surface area contributed by atoms with Gasteiger partial charge in [-0.05, 0) is 52.5 Å². The third kappa shape index (κ3) is 4.43. The summed E-state index contributed by atoms with van der Waals surface area (Å²) >= 11 is 1.37. The number of carbonyl (C=O) groups is 2. The van der Waals surface area contributed by atoms with E-state index < -0.39 is 5.41 Å². The molecule has 2 amide bonds. The highest BCUT2D eigenvalue weighted by atomic mass is 32.1. The molecule has 1 aliphatic rings. The Balaban J connectivity index is 1.62. The van der Waals surface area contributed by atoms with Crippen LogP contribution in [-0.2, 0) is 10.2 Å². The predicted octanol–water partition coefficient (Wildman–Crippen LogP) is 3.85. The van der Waals surface area contributed by atoms with Gasteiger partial charge in [0.15, 0.2) is 0 Å². The Kier molecular flexibility index (Phi) is 6.18. The minimum absolute atomic E-state index is 0.0511. The molecule has 0 radical (unpaired) electrons. The van der Waals surface area contributed by atoms with Gasteiger partial charge in [0, 0.05) is 19.1 Å². The van der Waals surface area contributed by atoms with Gasteiger partial charge in [-0.15, -0.1) is 11.3 Å². The fourth-order valence-electron chi connectivity index (χ4n) is 3.70. The van der Waals surface area contributed by atoms with Crippen molar-refractivity contribution in [3.05, 3.63) is 51.5 Å². The standard InChI is InChI=1S/C22H29N3O2S/c1-15-7-9-17(10-8-15)22(3,4)21(27)25-12-5-6-18(11-13-25)24-20(26)19-16(2)23-14-28-19/h7-10,14,18H,5-6,11-13H2,1-4H3,(H,24,26). The van der Waals surface area contributed by atoms with E-state index in [-0.39, 0.29) is 17.9 Å². The molecule has 1 aromatic carbocycles.